The molecule has 4 nitrogen and oxygen atoms in total. The van der Waals surface area contributed by atoms with Crippen molar-refractivity contribution in [1.82, 2.24) is 10.6 Å². The lowest BCUT2D eigenvalue weighted by molar-refractivity contribution is 0.0444. The molecule has 2 saturated heterocycles. The Morgan fingerprint density at radius 2 is 1.95 bits per heavy atom. The van der Waals surface area contributed by atoms with E-state index in [2.05, 4.69) is 10.6 Å². The third-order valence-corrected chi connectivity index (χ3v) is 4.96. The summed E-state index contributed by atoms with van der Waals surface area (Å²) in [6, 6.07) is 1.25. The van der Waals surface area contributed by atoms with Gasteiger partial charge in [0, 0.05) is 31.8 Å². The van der Waals surface area contributed by atoms with Crippen LogP contribution in [0.2, 0.25) is 0 Å². The number of rotatable bonds is 4. The minimum absolute atomic E-state index is 0.566. The van der Waals surface area contributed by atoms with Crippen LogP contribution in [0.4, 0.5) is 0 Å². The average Bonchev–Trinajstić information content (AvgIpc) is 2.95. The van der Waals surface area contributed by atoms with E-state index in [-0.39, 0.29) is 0 Å². The molecule has 0 aromatic carbocycles. The lowest BCUT2D eigenvalue weighted by Gasteiger charge is -2.34. The lowest BCUT2D eigenvalue weighted by Crippen LogP contribution is -2.51. The van der Waals surface area contributed by atoms with Crippen LogP contribution in [0.25, 0.3) is 0 Å². The van der Waals surface area contributed by atoms with E-state index >= 15 is 0 Å². The molecule has 1 aliphatic carbocycles. The van der Waals surface area contributed by atoms with E-state index in [1.54, 1.807) is 0 Å². The van der Waals surface area contributed by atoms with Crippen LogP contribution >= 0.6 is 0 Å². The van der Waals surface area contributed by atoms with Crippen molar-refractivity contribution < 1.29 is 9.47 Å². The first-order chi connectivity index (χ1) is 9.43. The molecule has 3 fully saturated rings. The first-order valence-electron chi connectivity index (χ1n) is 8.06. The van der Waals surface area contributed by atoms with Gasteiger partial charge in [-0.1, -0.05) is 6.42 Å². The number of ether oxygens (including phenoxy) is 2. The summed E-state index contributed by atoms with van der Waals surface area (Å²) in [6.45, 7) is 5.84. The Morgan fingerprint density at radius 3 is 2.74 bits per heavy atom. The summed E-state index contributed by atoms with van der Waals surface area (Å²) >= 11 is 0. The van der Waals surface area contributed by atoms with Crippen LogP contribution in [0.15, 0.2) is 0 Å². The molecule has 110 valence electrons. The summed E-state index contributed by atoms with van der Waals surface area (Å²) in [4.78, 5) is 0. The van der Waals surface area contributed by atoms with Crippen molar-refractivity contribution in [2.75, 3.05) is 39.5 Å². The molecule has 0 radical (unpaired) electrons. The fourth-order valence-electron chi connectivity index (χ4n) is 3.87. The highest BCUT2D eigenvalue weighted by Gasteiger charge is 2.34. The molecule has 0 amide bonds. The molecule has 0 aromatic rings. The fourth-order valence-corrected chi connectivity index (χ4v) is 3.87. The zero-order chi connectivity index (χ0) is 12.9. The van der Waals surface area contributed by atoms with E-state index in [4.69, 9.17) is 9.47 Å². The monoisotopic (exact) mass is 268 g/mol. The number of hydrogen-bond donors (Lipinski definition) is 2. The van der Waals surface area contributed by atoms with Crippen LogP contribution < -0.4 is 10.6 Å². The van der Waals surface area contributed by atoms with Gasteiger partial charge in [0.1, 0.15) is 0 Å². The standard InChI is InChI=1S/C15H28N2O2/c1-4-13(15-11-19-8-6-16-15)14(5-1)17-9-12-3-2-7-18-10-12/h12-17H,1-11H2. The van der Waals surface area contributed by atoms with Crippen molar-refractivity contribution in [3.05, 3.63) is 0 Å². The average molecular weight is 268 g/mol. The number of nitrogens with one attached hydrogen (secondary N) is 2. The van der Waals surface area contributed by atoms with Gasteiger partial charge in [0.05, 0.1) is 19.8 Å². The molecule has 19 heavy (non-hydrogen) atoms. The van der Waals surface area contributed by atoms with E-state index < -0.39 is 0 Å². The Balaban J connectivity index is 1.45. The van der Waals surface area contributed by atoms with Gasteiger partial charge in [-0.25, -0.2) is 0 Å². The van der Waals surface area contributed by atoms with Gasteiger partial charge in [-0.2, -0.15) is 0 Å². The predicted molar refractivity (Wildman–Crippen MR) is 75.3 cm³/mol. The minimum Gasteiger partial charge on any atom is -0.381 e. The maximum Gasteiger partial charge on any atom is 0.0623 e. The summed E-state index contributed by atoms with van der Waals surface area (Å²) in [6.07, 6.45) is 6.60. The van der Waals surface area contributed by atoms with E-state index in [0.29, 0.717) is 12.1 Å². The Bertz CT molecular complexity index is 263. The Labute approximate surface area is 116 Å². The number of morpholine rings is 1. The van der Waals surface area contributed by atoms with Crippen molar-refractivity contribution in [2.45, 2.75) is 44.2 Å². The third kappa shape index (κ3) is 3.69. The van der Waals surface area contributed by atoms with Crippen LogP contribution in [-0.2, 0) is 9.47 Å². The second kappa shape index (κ2) is 7.02. The maximum atomic E-state index is 5.63. The molecular weight excluding hydrogens is 240 g/mol. The first kappa shape index (κ1) is 13.8. The molecule has 2 heterocycles. The molecule has 0 spiro atoms. The molecule has 3 aliphatic rings. The van der Waals surface area contributed by atoms with Crippen molar-refractivity contribution in [2.24, 2.45) is 11.8 Å². The van der Waals surface area contributed by atoms with Crippen LogP contribution in [0.1, 0.15) is 32.1 Å². The van der Waals surface area contributed by atoms with E-state index in [0.717, 1.165) is 51.4 Å². The van der Waals surface area contributed by atoms with Crippen LogP contribution in [-0.4, -0.2) is 51.6 Å². The van der Waals surface area contributed by atoms with Gasteiger partial charge in [-0.15, -0.1) is 0 Å². The Kier molecular flexibility index (Phi) is 5.10. The predicted octanol–water partition coefficient (Wildman–Crippen LogP) is 1.16. The normalized spacial score (nSPS) is 40.4. The highest BCUT2D eigenvalue weighted by molar-refractivity contribution is 4.92. The fraction of sp³-hybridized carbons (Fsp3) is 1.00. The molecule has 0 bridgehead atoms. The first-order valence-corrected chi connectivity index (χ1v) is 8.06. The Morgan fingerprint density at radius 1 is 1.00 bits per heavy atom. The SMILES string of the molecule is C1COCC(CNC2CCCC2C2COCCN2)C1. The van der Waals surface area contributed by atoms with Gasteiger partial charge < -0.3 is 20.1 Å². The van der Waals surface area contributed by atoms with E-state index in [1.807, 2.05) is 0 Å². The highest BCUT2D eigenvalue weighted by atomic mass is 16.5. The zero-order valence-corrected chi connectivity index (χ0v) is 11.9. The van der Waals surface area contributed by atoms with E-state index in [1.165, 1.54) is 32.1 Å². The van der Waals surface area contributed by atoms with Crippen molar-refractivity contribution in [3.63, 3.8) is 0 Å². The van der Waals surface area contributed by atoms with Crippen LogP contribution in [0.5, 0.6) is 0 Å². The molecule has 4 unspecified atom stereocenters. The summed E-state index contributed by atoms with van der Waals surface area (Å²) in [5, 5.41) is 7.46. The molecular formula is C15H28N2O2. The smallest absolute Gasteiger partial charge is 0.0623 e. The third-order valence-electron chi connectivity index (χ3n) is 4.96. The largest absolute Gasteiger partial charge is 0.381 e. The quantitative estimate of drug-likeness (QED) is 0.803. The Hall–Kier alpha value is -0.160. The zero-order valence-electron chi connectivity index (χ0n) is 11.9. The van der Waals surface area contributed by atoms with Crippen molar-refractivity contribution in [3.8, 4) is 0 Å². The molecule has 1 saturated carbocycles. The minimum atomic E-state index is 0.566. The summed E-state index contributed by atoms with van der Waals surface area (Å²) in [5.41, 5.74) is 0. The van der Waals surface area contributed by atoms with Gasteiger partial charge in [-0.3, -0.25) is 0 Å². The van der Waals surface area contributed by atoms with Gasteiger partial charge in [0.25, 0.3) is 0 Å². The number of hydrogen-bond acceptors (Lipinski definition) is 4. The van der Waals surface area contributed by atoms with Crippen molar-refractivity contribution >= 4 is 0 Å². The van der Waals surface area contributed by atoms with Crippen LogP contribution in [0.3, 0.4) is 0 Å². The van der Waals surface area contributed by atoms with Crippen LogP contribution in [0, 0.1) is 11.8 Å². The second-order valence-electron chi connectivity index (χ2n) is 6.33. The van der Waals surface area contributed by atoms with Crippen molar-refractivity contribution in [1.29, 1.82) is 0 Å². The summed E-state index contributed by atoms with van der Waals surface area (Å²) in [7, 11) is 0. The van der Waals surface area contributed by atoms with Gasteiger partial charge >= 0.3 is 0 Å². The summed E-state index contributed by atoms with van der Waals surface area (Å²) in [5.74, 6) is 1.48. The molecule has 4 atom stereocenters. The topological polar surface area (TPSA) is 42.5 Å². The molecule has 2 aliphatic heterocycles. The second-order valence-corrected chi connectivity index (χ2v) is 6.33. The molecule has 2 N–H and O–H groups in total. The maximum absolute atomic E-state index is 5.63. The highest BCUT2D eigenvalue weighted by Crippen LogP contribution is 2.29. The van der Waals surface area contributed by atoms with Gasteiger partial charge in [-0.05, 0) is 37.5 Å². The summed E-state index contributed by atoms with van der Waals surface area (Å²) < 4.78 is 11.2. The van der Waals surface area contributed by atoms with Gasteiger partial charge in [0.15, 0.2) is 0 Å². The van der Waals surface area contributed by atoms with E-state index in [9.17, 15) is 0 Å². The van der Waals surface area contributed by atoms with Gasteiger partial charge in [0.2, 0.25) is 0 Å². The lowest BCUT2D eigenvalue weighted by atomic mass is 9.93. The molecule has 4 heteroatoms. The molecule has 3 rings (SSSR count). The molecule has 0 aromatic heterocycles.